The van der Waals surface area contributed by atoms with E-state index in [1.165, 1.54) is 19.2 Å². The predicted octanol–water partition coefficient (Wildman–Crippen LogP) is 1.48. The predicted molar refractivity (Wildman–Crippen MR) is 52.0 cm³/mol. The molecule has 1 unspecified atom stereocenters. The normalized spacial score (nSPS) is 12.6. The maximum absolute atomic E-state index is 13.2. The lowest BCUT2D eigenvalue weighted by atomic mass is 10.1. The summed E-state index contributed by atoms with van der Waals surface area (Å²) in [5, 5.41) is 9.31. The zero-order chi connectivity index (χ0) is 10.7. The summed E-state index contributed by atoms with van der Waals surface area (Å²) in [7, 11) is 1.33. The number of hydrogen-bond acceptors (Lipinski definition) is 3. The van der Waals surface area contributed by atoms with Crippen LogP contribution in [0.1, 0.15) is 11.7 Å². The third-order valence-electron chi connectivity index (χ3n) is 1.85. The Balaban J connectivity index is 3.16. The van der Waals surface area contributed by atoms with E-state index < -0.39 is 11.9 Å². The van der Waals surface area contributed by atoms with Gasteiger partial charge in [0.15, 0.2) is 11.6 Å². The van der Waals surface area contributed by atoms with Gasteiger partial charge >= 0.3 is 0 Å². The molecule has 0 saturated heterocycles. The first-order chi connectivity index (χ1) is 6.60. The first-order valence-corrected chi connectivity index (χ1v) is 4.39. The second-order valence-corrected chi connectivity index (χ2v) is 3.18. The fraction of sp³-hybridized carbons (Fsp3) is 0.333. The van der Waals surface area contributed by atoms with Crippen molar-refractivity contribution in [2.75, 3.05) is 13.7 Å². The van der Waals surface area contributed by atoms with Gasteiger partial charge in [-0.2, -0.15) is 0 Å². The minimum Gasteiger partial charge on any atom is -0.494 e. The first-order valence-electron chi connectivity index (χ1n) is 4.01. The summed E-state index contributed by atoms with van der Waals surface area (Å²) >= 11 is 5.59. The minimum absolute atomic E-state index is 0.000000000000000222. The maximum Gasteiger partial charge on any atom is 0.183 e. The number of methoxy groups -OCH3 is 1. The largest absolute Gasteiger partial charge is 0.494 e. The van der Waals surface area contributed by atoms with Crippen LogP contribution < -0.4 is 10.5 Å². The molecule has 3 N–H and O–H groups in total. The van der Waals surface area contributed by atoms with Crippen molar-refractivity contribution in [3.05, 3.63) is 28.5 Å². The van der Waals surface area contributed by atoms with Crippen LogP contribution in [0.15, 0.2) is 12.1 Å². The van der Waals surface area contributed by atoms with E-state index in [4.69, 9.17) is 22.1 Å². The molecule has 0 aliphatic rings. The van der Waals surface area contributed by atoms with E-state index in [1.54, 1.807) is 0 Å². The highest BCUT2D eigenvalue weighted by Gasteiger charge is 2.13. The molecule has 0 spiro atoms. The lowest BCUT2D eigenvalue weighted by molar-refractivity contribution is 0.186. The van der Waals surface area contributed by atoms with E-state index in [-0.39, 0.29) is 17.3 Å². The van der Waals surface area contributed by atoms with Crippen LogP contribution in [-0.4, -0.2) is 18.8 Å². The number of benzene rings is 1. The molecule has 1 atom stereocenters. The Morgan fingerprint density at radius 3 is 2.79 bits per heavy atom. The van der Waals surface area contributed by atoms with Gasteiger partial charge in [0.1, 0.15) is 0 Å². The number of rotatable bonds is 3. The molecule has 0 aliphatic heterocycles. The van der Waals surface area contributed by atoms with Crippen LogP contribution in [0.3, 0.4) is 0 Å². The second kappa shape index (κ2) is 4.59. The van der Waals surface area contributed by atoms with Crippen molar-refractivity contribution < 1.29 is 14.2 Å². The van der Waals surface area contributed by atoms with Crippen molar-refractivity contribution in [1.29, 1.82) is 0 Å². The van der Waals surface area contributed by atoms with E-state index in [0.29, 0.717) is 5.56 Å². The zero-order valence-electron chi connectivity index (χ0n) is 7.63. The SMILES string of the molecule is COc1cc(C(O)CN)cc(Cl)c1F. The van der Waals surface area contributed by atoms with Gasteiger partial charge in [-0.15, -0.1) is 0 Å². The van der Waals surface area contributed by atoms with Crippen LogP contribution in [0.4, 0.5) is 4.39 Å². The number of aliphatic hydroxyl groups excluding tert-OH is 1. The third-order valence-corrected chi connectivity index (χ3v) is 2.12. The lowest BCUT2D eigenvalue weighted by Gasteiger charge is -2.11. The molecule has 1 aromatic carbocycles. The summed E-state index contributed by atoms with van der Waals surface area (Å²) in [5.41, 5.74) is 5.70. The van der Waals surface area contributed by atoms with Gasteiger partial charge in [-0.05, 0) is 17.7 Å². The quantitative estimate of drug-likeness (QED) is 0.810. The van der Waals surface area contributed by atoms with E-state index in [9.17, 15) is 9.50 Å². The minimum atomic E-state index is -0.859. The summed E-state index contributed by atoms with van der Waals surface area (Å²) < 4.78 is 17.9. The Bertz CT molecular complexity index is 333. The van der Waals surface area contributed by atoms with Gasteiger partial charge in [-0.3, -0.25) is 0 Å². The molecule has 1 aromatic rings. The number of nitrogens with two attached hydrogens (primary N) is 1. The average molecular weight is 220 g/mol. The van der Waals surface area contributed by atoms with Crippen LogP contribution in [0.25, 0.3) is 0 Å². The summed E-state index contributed by atoms with van der Waals surface area (Å²) in [6, 6.07) is 2.70. The number of hydrogen-bond donors (Lipinski definition) is 2. The lowest BCUT2D eigenvalue weighted by Crippen LogP contribution is -2.11. The van der Waals surface area contributed by atoms with Crippen molar-refractivity contribution >= 4 is 11.6 Å². The second-order valence-electron chi connectivity index (χ2n) is 2.77. The molecular weight excluding hydrogens is 209 g/mol. The smallest absolute Gasteiger partial charge is 0.183 e. The molecule has 14 heavy (non-hydrogen) atoms. The molecule has 0 heterocycles. The topological polar surface area (TPSA) is 55.5 Å². The molecular formula is C9H11ClFNO2. The molecule has 0 bridgehead atoms. The molecule has 0 amide bonds. The Morgan fingerprint density at radius 2 is 2.29 bits per heavy atom. The molecule has 78 valence electrons. The monoisotopic (exact) mass is 219 g/mol. The fourth-order valence-corrected chi connectivity index (χ4v) is 1.28. The number of halogens is 2. The van der Waals surface area contributed by atoms with Crippen molar-refractivity contribution in [3.8, 4) is 5.75 Å². The molecule has 0 aliphatic carbocycles. The third kappa shape index (κ3) is 2.15. The molecule has 3 nitrogen and oxygen atoms in total. The van der Waals surface area contributed by atoms with Gasteiger partial charge < -0.3 is 15.6 Å². The van der Waals surface area contributed by atoms with Crippen molar-refractivity contribution in [1.82, 2.24) is 0 Å². The van der Waals surface area contributed by atoms with Crippen LogP contribution in [-0.2, 0) is 0 Å². The highest BCUT2D eigenvalue weighted by molar-refractivity contribution is 6.31. The van der Waals surface area contributed by atoms with Crippen molar-refractivity contribution in [2.45, 2.75) is 6.10 Å². The Morgan fingerprint density at radius 1 is 1.64 bits per heavy atom. The average Bonchev–Trinajstić information content (AvgIpc) is 2.20. The van der Waals surface area contributed by atoms with Gasteiger partial charge in [-0.1, -0.05) is 11.6 Å². The summed E-state index contributed by atoms with van der Waals surface area (Å²) in [6.45, 7) is 0.0467. The van der Waals surface area contributed by atoms with Crippen molar-refractivity contribution in [2.24, 2.45) is 5.73 Å². The van der Waals surface area contributed by atoms with E-state index in [1.807, 2.05) is 0 Å². The molecule has 0 fully saturated rings. The maximum atomic E-state index is 13.2. The standard InChI is InChI=1S/C9H11ClFNO2/c1-14-8-3-5(7(13)4-12)2-6(10)9(8)11/h2-3,7,13H,4,12H2,1H3. The van der Waals surface area contributed by atoms with Gasteiger partial charge in [0.2, 0.25) is 0 Å². The summed E-state index contributed by atoms with van der Waals surface area (Å²) in [4.78, 5) is 0. The Hall–Kier alpha value is -0.840. The molecule has 0 aromatic heterocycles. The van der Waals surface area contributed by atoms with Gasteiger partial charge in [-0.25, -0.2) is 4.39 Å². The molecule has 1 rings (SSSR count). The summed E-state index contributed by atoms with van der Waals surface area (Å²) in [6.07, 6.45) is -0.859. The van der Waals surface area contributed by atoms with Crippen LogP contribution in [0, 0.1) is 5.82 Å². The Labute approximate surface area is 86.2 Å². The summed E-state index contributed by atoms with van der Waals surface area (Å²) in [5.74, 6) is -0.637. The van der Waals surface area contributed by atoms with E-state index in [0.717, 1.165) is 0 Å². The first kappa shape index (κ1) is 11.2. The van der Waals surface area contributed by atoms with Crippen LogP contribution in [0.2, 0.25) is 5.02 Å². The molecule has 0 saturated carbocycles. The molecule has 5 heteroatoms. The van der Waals surface area contributed by atoms with Crippen LogP contribution in [0.5, 0.6) is 5.75 Å². The van der Waals surface area contributed by atoms with Gasteiger partial charge in [0, 0.05) is 6.54 Å². The van der Waals surface area contributed by atoms with E-state index >= 15 is 0 Å². The fourth-order valence-electron chi connectivity index (χ4n) is 1.06. The number of aliphatic hydroxyl groups is 1. The van der Waals surface area contributed by atoms with Crippen LogP contribution >= 0.6 is 11.6 Å². The highest BCUT2D eigenvalue weighted by atomic mass is 35.5. The highest BCUT2D eigenvalue weighted by Crippen LogP contribution is 2.28. The zero-order valence-corrected chi connectivity index (χ0v) is 8.38. The van der Waals surface area contributed by atoms with E-state index in [2.05, 4.69) is 0 Å². The Kier molecular flexibility index (Phi) is 3.69. The van der Waals surface area contributed by atoms with Gasteiger partial charge in [0.05, 0.1) is 18.2 Å². The molecule has 0 radical (unpaired) electrons. The number of ether oxygens (including phenoxy) is 1. The van der Waals surface area contributed by atoms with Crippen molar-refractivity contribution in [3.63, 3.8) is 0 Å². The van der Waals surface area contributed by atoms with Gasteiger partial charge in [0.25, 0.3) is 0 Å².